The van der Waals surface area contributed by atoms with E-state index in [1.807, 2.05) is 32.8 Å². The second kappa shape index (κ2) is 29.3. The quantitative estimate of drug-likeness (QED) is 0.0415. The van der Waals surface area contributed by atoms with Crippen LogP contribution in [-0.2, 0) is 23.8 Å². The van der Waals surface area contributed by atoms with Crippen LogP contribution in [0.2, 0.25) is 0 Å². The zero-order valence-corrected chi connectivity index (χ0v) is 52.6. The van der Waals surface area contributed by atoms with E-state index in [0.717, 1.165) is 25.7 Å². The van der Waals surface area contributed by atoms with Crippen LogP contribution in [0.3, 0.4) is 0 Å². The van der Waals surface area contributed by atoms with Crippen LogP contribution < -0.4 is 15.9 Å². The first-order valence-corrected chi connectivity index (χ1v) is 32.5. The Kier molecular flexibility index (Phi) is 24.7. The summed E-state index contributed by atoms with van der Waals surface area (Å²) in [4.78, 5) is 31.8. The van der Waals surface area contributed by atoms with Gasteiger partial charge in [0.05, 0.1) is 35.9 Å². The molecule has 0 saturated carbocycles. The van der Waals surface area contributed by atoms with Gasteiger partial charge in [-0.05, 0) is 73.9 Å². The Balaban J connectivity index is 1.21. The zero-order valence-electron chi connectivity index (χ0n) is 51.6. The SMILES string of the molecule is CC[C@H]1OC(=O)[C@H](C)[C@@H](O)[C@H](C)[C@@H](O[C@@H]2O[C@H](C)C[C@H](N(C)C)[C@H]2O)[C@](C)(O)C[C@@H](C)CN(C(=O)CCCCCCCCCCCC[PH](c2cc(C)cc(C)c2)(c2cc(C)cc(C)c2)c2cc(C)cc(C)c2)[C@H](C)[C@@H](O)[C@]1(C)O. The van der Waals surface area contributed by atoms with E-state index in [9.17, 15) is 35.1 Å². The third-order valence-corrected chi connectivity index (χ3v) is 22.8. The number of ether oxygens (including phenoxy) is 3. The molecule has 2 aliphatic rings. The number of cyclic esters (lactones) is 1. The number of nitrogens with zero attached hydrogens (tertiary/aromatic N) is 2. The van der Waals surface area contributed by atoms with Crippen LogP contribution in [-0.4, -0.2) is 140 Å². The second-order valence-corrected chi connectivity index (χ2v) is 29.8. The van der Waals surface area contributed by atoms with Gasteiger partial charge in [0.2, 0.25) is 5.91 Å². The number of carbonyl (C=O) groups excluding carboxylic acids is 2. The first-order valence-electron chi connectivity index (χ1n) is 30.3. The van der Waals surface area contributed by atoms with Crippen LogP contribution in [0.1, 0.15) is 179 Å². The maximum atomic E-state index is 14.4. The topological polar surface area (TPSA) is 169 Å². The number of benzene rings is 3. The Hall–Kier alpha value is -3.29. The second-order valence-electron chi connectivity index (χ2n) is 25.8. The fraction of sp³-hybridized carbons (Fsp3) is 0.697. The van der Waals surface area contributed by atoms with E-state index >= 15 is 0 Å². The van der Waals surface area contributed by atoms with Crippen molar-refractivity contribution in [2.45, 2.75) is 253 Å². The van der Waals surface area contributed by atoms with Gasteiger partial charge in [0.15, 0.2) is 6.29 Å². The van der Waals surface area contributed by atoms with Gasteiger partial charge in [0.1, 0.15) is 23.9 Å². The van der Waals surface area contributed by atoms with Gasteiger partial charge in [-0.2, -0.15) is 0 Å². The number of esters is 1. The van der Waals surface area contributed by atoms with E-state index in [2.05, 4.69) is 96.1 Å². The largest absolute Gasteiger partial charge is 0.388 e. The summed E-state index contributed by atoms with van der Waals surface area (Å²) in [6, 6.07) is 20.6. The number of aliphatic hydroxyl groups is 5. The Bertz CT molecular complexity index is 2240. The number of carbonyl (C=O) groups is 2. The molecule has 13 heteroatoms. The van der Waals surface area contributed by atoms with Crippen molar-refractivity contribution in [3.8, 4) is 0 Å². The summed E-state index contributed by atoms with van der Waals surface area (Å²) < 4.78 is 18.6. The van der Waals surface area contributed by atoms with Crippen LogP contribution in [0, 0.1) is 59.3 Å². The van der Waals surface area contributed by atoms with Crippen molar-refractivity contribution in [1.82, 2.24) is 9.80 Å². The van der Waals surface area contributed by atoms with Crippen LogP contribution in [0.4, 0.5) is 0 Å². The fourth-order valence-corrected chi connectivity index (χ4v) is 19.2. The third kappa shape index (κ3) is 17.2. The van der Waals surface area contributed by atoms with E-state index < -0.39 is 79.1 Å². The number of aliphatic hydroxyl groups excluding tert-OH is 3. The number of hydrogen-bond acceptors (Lipinski definition) is 11. The summed E-state index contributed by atoms with van der Waals surface area (Å²) in [6.07, 6.45) is 5.32. The molecule has 0 spiro atoms. The molecule has 5 N–H and O–H groups in total. The summed E-state index contributed by atoms with van der Waals surface area (Å²) in [5, 5.41) is 64.3. The minimum Gasteiger partial charge on any atom is -0.388 e. The zero-order chi connectivity index (χ0) is 58.7. The maximum absolute atomic E-state index is 14.4. The molecule has 2 saturated heterocycles. The molecular weight excluding hydrogens is 1010 g/mol. The summed E-state index contributed by atoms with van der Waals surface area (Å²) in [5.41, 5.74) is 4.33. The van der Waals surface area contributed by atoms with E-state index in [1.165, 1.54) is 101 Å². The van der Waals surface area contributed by atoms with Crippen LogP contribution in [0.15, 0.2) is 54.6 Å². The van der Waals surface area contributed by atoms with Crippen molar-refractivity contribution in [1.29, 1.82) is 0 Å². The molecular formula is C66H107N2O10P. The summed E-state index contributed by atoms with van der Waals surface area (Å²) in [6.45, 7) is 27.1. The molecule has 0 unspecified atom stereocenters. The normalized spacial score (nSPS) is 30.9. The van der Waals surface area contributed by atoms with Crippen molar-refractivity contribution in [2.24, 2.45) is 17.8 Å². The molecule has 446 valence electrons. The van der Waals surface area contributed by atoms with E-state index in [0.29, 0.717) is 12.8 Å². The Morgan fingerprint density at radius 2 is 1.14 bits per heavy atom. The first-order chi connectivity index (χ1) is 37.0. The summed E-state index contributed by atoms with van der Waals surface area (Å²) in [7, 11) is 1.35. The fourth-order valence-electron chi connectivity index (χ4n) is 13.7. The molecule has 3 aromatic carbocycles. The van der Waals surface area contributed by atoms with Gasteiger partial charge in [-0.1, -0.05) is 20.8 Å². The minimum atomic E-state index is -2.40. The van der Waals surface area contributed by atoms with Crippen molar-refractivity contribution in [2.75, 3.05) is 26.8 Å². The summed E-state index contributed by atoms with van der Waals surface area (Å²) >= 11 is 0. The Labute approximate surface area is 477 Å². The van der Waals surface area contributed by atoms with Crippen molar-refractivity contribution in [3.05, 3.63) is 88.0 Å². The van der Waals surface area contributed by atoms with Crippen molar-refractivity contribution in [3.63, 3.8) is 0 Å². The van der Waals surface area contributed by atoms with Gasteiger partial charge in [0.25, 0.3) is 0 Å². The molecule has 1 amide bonds. The molecule has 2 heterocycles. The smallest absolute Gasteiger partial charge is 0.126 e. The van der Waals surface area contributed by atoms with Crippen molar-refractivity contribution >= 4 is 35.1 Å². The molecule has 79 heavy (non-hydrogen) atoms. The maximum Gasteiger partial charge on any atom is 0.126 e. The molecule has 3 aromatic rings. The molecule has 12 nitrogen and oxygen atoms in total. The average Bonchev–Trinajstić information content (AvgIpc) is 3.45. The van der Waals surface area contributed by atoms with E-state index in [-0.39, 0.29) is 49.8 Å². The van der Waals surface area contributed by atoms with Crippen LogP contribution in [0.5, 0.6) is 0 Å². The first kappa shape index (κ1) is 66.5. The van der Waals surface area contributed by atoms with Gasteiger partial charge in [0, 0.05) is 18.5 Å². The molecule has 0 aromatic heterocycles. The van der Waals surface area contributed by atoms with Gasteiger partial charge >= 0.3 is 235 Å². The van der Waals surface area contributed by atoms with Crippen LogP contribution in [0.25, 0.3) is 0 Å². The molecule has 14 atom stereocenters. The molecule has 5 rings (SSSR count). The Morgan fingerprint density at radius 1 is 0.696 bits per heavy atom. The molecule has 0 aliphatic carbocycles. The number of unbranched alkanes of at least 4 members (excludes halogenated alkanes) is 9. The monoisotopic (exact) mass is 1120 g/mol. The average molecular weight is 1120 g/mol. The predicted octanol–water partition coefficient (Wildman–Crippen LogP) is 9.74. The molecule has 0 radical (unpaired) electrons. The van der Waals surface area contributed by atoms with E-state index in [1.54, 1.807) is 32.6 Å². The molecule has 0 bridgehead atoms. The number of likely N-dealkylation sites (N-methyl/N-ethyl adjacent to an activating group) is 1. The Morgan fingerprint density at radius 3 is 1.58 bits per heavy atom. The number of rotatable bonds is 20. The van der Waals surface area contributed by atoms with Crippen molar-refractivity contribution < 1.29 is 49.3 Å². The number of amides is 1. The van der Waals surface area contributed by atoms with Gasteiger partial charge < -0.3 is 49.5 Å². The van der Waals surface area contributed by atoms with Gasteiger partial charge in [-0.3, -0.25) is 9.59 Å². The van der Waals surface area contributed by atoms with Gasteiger partial charge in [-0.15, -0.1) is 0 Å². The standard InChI is InChI=1S/C66H107N2O10P/c1-17-57-66(14,75)61(72)52(12)68(41-48(8)40-65(13,74)62(50(10)59(70)51(11)63(73)77-57)78-64-60(71)56(67(15)16)39-49(9)76-64)58(69)28-26-24-22-20-18-19-21-23-25-27-29-79(53-33-42(2)30-43(3)34-53,54-35-44(4)31-45(5)36-54)55-37-46(6)32-47(7)38-55/h30-38,48-52,56-57,59-62,64,70-72,74-75,79H,17-29,39-41H2,1-16H3/t48-,49-,50+,51-,52-,56+,57-,59+,60-,61-,62-,64+,65-,66-/m1/s1. The third-order valence-electron chi connectivity index (χ3n) is 17.8. The minimum absolute atomic E-state index is 0.0967. The summed E-state index contributed by atoms with van der Waals surface area (Å²) in [5.74, 6) is -3.32. The van der Waals surface area contributed by atoms with Crippen LogP contribution >= 0.6 is 7.26 Å². The number of hydrogen-bond donors (Lipinski definition) is 5. The number of aryl methyl sites for hydroxylation is 6. The molecule has 2 fully saturated rings. The van der Waals surface area contributed by atoms with E-state index in [4.69, 9.17) is 14.2 Å². The molecule has 2 aliphatic heterocycles. The predicted molar refractivity (Wildman–Crippen MR) is 325 cm³/mol. The van der Waals surface area contributed by atoms with Gasteiger partial charge in [-0.25, -0.2) is 0 Å².